The van der Waals surface area contributed by atoms with Crippen molar-refractivity contribution in [3.05, 3.63) is 35.4 Å². The van der Waals surface area contributed by atoms with Crippen LogP contribution in [0.2, 0.25) is 0 Å². The molecule has 0 amide bonds. The second-order valence-electron chi connectivity index (χ2n) is 4.35. The maximum atomic E-state index is 9.58. The van der Waals surface area contributed by atoms with E-state index in [-0.39, 0.29) is 6.10 Å². The molecular formula is C13H18O. The molecule has 1 heteroatoms. The van der Waals surface area contributed by atoms with Crippen LogP contribution in [0.15, 0.2) is 24.3 Å². The lowest BCUT2D eigenvalue weighted by Crippen LogP contribution is -2.16. The molecule has 1 atom stereocenters. The van der Waals surface area contributed by atoms with E-state index in [4.69, 9.17) is 0 Å². The Morgan fingerprint density at radius 3 is 2.07 bits per heavy atom. The molecule has 0 heterocycles. The van der Waals surface area contributed by atoms with Crippen molar-refractivity contribution < 1.29 is 5.11 Å². The van der Waals surface area contributed by atoms with Crippen LogP contribution in [0.5, 0.6) is 0 Å². The molecule has 1 aliphatic rings. The molecule has 1 aliphatic carbocycles. The first-order valence-corrected chi connectivity index (χ1v) is 5.52. The molecule has 0 aromatic heterocycles. The smallest absolute Gasteiger partial charge is 0.0540 e. The summed E-state index contributed by atoms with van der Waals surface area (Å²) >= 11 is 0. The highest BCUT2D eigenvalue weighted by molar-refractivity contribution is 5.28. The standard InChI is InChI=1S/C13H18O/c1-10(14)11-6-8-12-4-2-3-5-13(12)9-7-11/h2-5,10-11,14H,6-9H2,1H3. The fraction of sp³-hybridized carbons (Fsp3) is 0.538. The van der Waals surface area contributed by atoms with Gasteiger partial charge in [-0.3, -0.25) is 0 Å². The Kier molecular flexibility index (Phi) is 2.87. The van der Waals surface area contributed by atoms with Crippen molar-refractivity contribution in [1.82, 2.24) is 0 Å². The first kappa shape index (κ1) is 9.72. The van der Waals surface area contributed by atoms with Gasteiger partial charge in [-0.05, 0) is 49.7 Å². The van der Waals surface area contributed by atoms with Crippen molar-refractivity contribution in [3.8, 4) is 0 Å². The average molecular weight is 190 g/mol. The summed E-state index contributed by atoms with van der Waals surface area (Å²) in [5.74, 6) is 0.488. The molecule has 0 aliphatic heterocycles. The largest absolute Gasteiger partial charge is 0.393 e. The fourth-order valence-electron chi connectivity index (χ4n) is 2.35. The summed E-state index contributed by atoms with van der Waals surface area (Å²) in [7, 11) is 0. The molecule has 0 fully saturated rings. The molecular weight excluding hydrogens is 172 g/mol. The van der Waals surface area contributed by atoms with Gasteiger partial charge in [-0.15, -0.1) is 0 Å². The zero-order chi connectivity index (χ0) is 9.97. The van der Waals surface area contributed by atoms with Gasteiger partial charge in [-0.25, -0.2) is 0 Å². The molecule has 1 unspecified atom stereocenters. The normalized spacial score (nSPS) is 19.9. The van der Waals surface area contributed by atoms with Crippen molar-refractivity contribution in [2.45, 2.75) is 38.7 Å². The van der Waals surface area contributed by atoms with Crippen LogP contribution in [-0.4, -0.2) is 11.2 Å². The third-order valence-corrected chi connectivity index (χ3v) is 3.37. The number of benzene rings is 1. The van der Waals surface area contributed by atoms with Crippen molar-refractivity contribution in [3.63, 3.8) is 0 Å². The third kappa shape index (κ3) is 1.98. The van der Waals surface area contributed by atoms with Gasteiger partial charge >= 0.3 is 0 Å². The van der Waals surface area contributed by atoms with Crippen LogP contribution >= 0.6 is 0 Å². The van der Waals surface area contributed by atoms with E-state index in [0.717, 1.165) is 25.7 Å². The van der Waals surface area contributed by atoms with E-state index in [2.05, 4.69) is 24.3 Å². The first-order valence-electron chi connectivity index (χ1n) is 5.52. The summed E-state index contributed by atoms with van der Waals surface area (Å²) in [5, 5.41) is 9.58. The average Bonchev–Trinajstić information content (AvgIpc) is 2.39. The van der Waals surface area contributed by atoms with Gasteiger partial charge < -0.3 is 5.11 Å². The molecule has 2 rings (SSSR count). The number of fused-ring (bicyclic) bond motifs is 1. The topological polar surface area (TPSA) is 20.2 Å². The van der Waals surface area contributed by atoms with E-state index in [0.29, 0.717) is 5.92 Å². The molecule has 1 aromatic carbocycles. The molecule has 1 nitrogen and oxygen atoms in total. The number of aliphatic hydroxyl groups is 1. The second-order valence-corrected chi connectivity index (χ2v) is 4.35. The molecule has 0 bridgehead atoms. The van der Waals surface area contributed by atoms with Crippen LogP contribution in [0.4, 0.5) is 0 Å². The van der Waals surface area contributed by atoms with Crippen LogP contribution in [0.1, 0.15) is 30.9 Å². The SMILES string of the molecule is CC(O)C1CCc2ccccc2CC1. The highest BCUT2D eigenvalue weighted by Crippen LogP contribution is 2.26. The number of aryl methyl sites for hydroxylation is 2. The van der Waals surface area contributed by atoms with Gasteiger partial charge in [0.2, 0.25) is 0 Å². The molecule has 0 saturated heterocycles. The summed E-state index contributed by atoms with van der Waals surface area (Å²) in [5.41, 5.74) is 2.96. The van der Waals surface area contributed by atoms with Gasteiger partial charge in [0.25, 0.3) is 0 Å². The molecule has 0 spiro atoms. The van der Waals surface area contributed by atoms with Crippen molar-refractivity contribution in [2.75, 3.05) is 0 Å². The quantitative estimate of drug-likeness (QED) is 0.675. The minimum absolute atomic E-state index is 0.149. The summed E-state index contributed by atoms with van der Waals surface area (Å²) < 4.78 is 0. The van der Waals surface area contributed by atoms with Crippen LogP contribution in [0.3, 0.4) is 0 Å². The molecule has 0 saturated carbocycles. The minimum atomic E-state index is -0.149. The zero-order valence-electron chi connectivity index (χ0n) is 8.74. The van der Waals surface area contributed by atoms with E-state index < -0.39 is 0 Å². The Balaban J connectivity index is 2.14. The summed E-state index contributed by atoms with van der Waals surface area (Å²) in [6.45, 7) is 1.92. The predicted molar refractivity (Wildman–Crippen MR) is 58.3 cm³/mol. The Labute approximate surface area is 85.8 Å². The van der Waals surface area contributed by atoms with Gasteiger partial charge in [0.05, 0.1) is 6.10 Å². The maximum absolute atomic E-state index is 9.58. The zero-order valence-corrected chi connectivity index (χ0v) is 8.74. The fourth-order valence-corrected chi connectivity index (χ4v) is 2.35. The van der Waals surface area contributed by atoms with Crippen LogP contribution in [0.25, 0.3) is 0 Å². The Bertz CT molecular complexity index is 277. The van der Waals surface area contributed by atoms with Crippen molar-refractivity contribution >= 4 is 0 Å². The Hall–Kier alpha value is -0.820. The number of aliphatic hydroxyl groups excluding tert-OH is 1. The van der Waals surface area contributed by atoms with Crippen LogP contribution in [-0.2, 0) is 12.8 Å². The number of hydrogen-bond donors (Lipinski definition) is 1. The second kappa shape index (κ2) is 4.14. The molecule has 76 valence electrons. The lowest BCUT2D eigenvalue weighted by Gasteiger charge is -2.16. The molecule has 1 N–H and O–H groups in total. The molecule has 14 heavy (non-hydrogen) atoms. The molecule has 0 radical (unpaired) electrons. The van der Waals surface area contributed by atoms with Gasteiger partial charge in [0, 0.05) is 0 Å². The Morgan fingerprint density at radius 2 is 1.64 bits per heavy atom. The van der Waals surface area contributed by atoms with Gasteiger partial charge in [-0.2, -0.15) is 0 Å². The van der Waals surface area contributed by atoms with Gasteiger partial charge in [0.15, 0.2) is 0 Å². The molecule has 1 aromatic rings. The number of hydrogen-bond acceptors (Lipinski definition) is 1. The van der Waals surface area contributed by atoms with Crippen molar-refractivity contribution in [1.29, 1.82) is 0 Å². The maximum Gasteiger partial charge on any atom is 0.0540 e. The van der Waals surface area contributed by atoms with Crippen molar-refractivity contribution in [2.24, 2.45) is 5.92 Å². The minimum Gasteiger partial charge on any atom is -0.393 e. The first-order chi connectivity index (χ1) is 6.77. The summed E-state index contributed by atoms with van der Waals surface area (Å²) in [6.07, 6.45) is 4.38. The Morgan fingerprint density at radius 1 is 1.14 bits per heavy atom. The lowest BCUT2D eigenvalue weighted by atomic mass is 9.94. The highest BCUT2D eigenvalue weighted by atomic mass is 16.3. The summed E-state index contributed by atoms with van der Waals surface area (Å²) in [6, 6.07) is 8.67. The van der Waals surface area contributed by atoms with Gasteiger partial charge in [0.1, 0.15) is 0 Å². The van der Waals surface area contributed by atoms with E-state index in [1.807, 2.05) is 6.92 Å². The number of rotatable bonds is 1. The van der Waals surface area contributed by atoms with Crippen LogP contribution < -0.4 is 0 Å². The van der Waals surface area contributed by atoms with Gasteiger partial charge in [-0.1, -0.05) is 24.3 Å². The van der Waals surface area contributed by atoms with Crippen LogP contribution in [0, 0.1) is 5.92 Å². The predicted octanol–water partition coefficient (Wildman–Crippen LogP) is 2.56. The monoisotopic (exact) mass is 190 g/mol. The van der Waals surface area contributed by atoms with E-state index in [9.17, 15) is 5.11 Å². The summed E-state index contributed by atoms with van der Waals surface area (Å²) in [4.78, 5) is 0. The van der Waals surface area contributed by atoms with E-state index in [1.54, 1.807) is 0 Å². The third-order valence-electron chi connectivity index (χ3n) is 3.37. The van der Waals surface area contributed by atoms with E-state index in [1.165, 1.54) is 11.1 Å². The van der Waals surface area contributed by atoms with E-state index >= 15 is 0 Å². The lowest BCUT2D eigenvalue weighted by molar-refractivity contribution is 0.116. The highest BCUT2D eigenvalue weighted by Gasteiger charge is 2.19.